The van der Waals surface area contributed by atoms with E-state index in [0.29, 0.717) is 17.0 Å². The Morgan fingerprint density at radius 3 is 2.81 bits per heavy atom. The smallest absolute Gasteiger partial charge is 0.145 e. The molecule has 0 unspecified atom stereocenters. The minimum atomic E-state index is -0.282. The number of nitrogens with zero attached hydrogens (tertiary/aromatic N) is 1. The van der Waals surface area contributed by atoms with Gasteiger partial charge < -0.3 is 10.5 Å². The van der Waals surface area contributed by atoms with Crippen molar-refractivity contribution < 1.29 is 9.13 Å². The van der Waals surface area contributed by atoms with Crippen LogP contribution in [0, 0.1) is 5.82 Å². The van der Waals surface area contributed by atoms with Crippen LogP contribution in [-0.4, -0.2) is 4.98 Å². The molecule has 2 N–H and O–H groups in total. The summed E-state index contributed by atoms with van der Waals surface area (Å²) in [4.78, 5) is 3.84. The fourth-order valence-corrected chi connectivity index (χ4v) is 1.30. The lowest BCUT2D eigenvalue weighted by atomic mass is 10.2. The van der Waals surface area contributed by atoms with Gasteiger partial charge in [-0.1, -0.05) is 18.2 Å². The molecular formula is C12H11FN2O. The van der Waals surface area contributed by atoms with Gasteiger partial charge in [-0.15, -0.1) is 0 Å². The van der Waals surface area contributed by atoms with Crippen LogP contribution in [-0.2, 0) is 6.61 Å². The molecule has 0 aliphatic heterocycles. The highest BCUT2D eigenvalue weighted by atomic mass is 19.1. The minimum absolute atomic E-state index is 0.154. The van der Waals surface area contributed by atoms with Crippen molar-refractivity contribution in [2.75, 3.05) is 5.73 Å². The molecular weight excluding hydrogens is 207 g/mol. The zero-order valence-electron chi connectivity index (χ0n) is 8.56. The van der Waals surface area contributed by atoms with Gasteiger partial charge in [-0.2, -0.15) is 0 Å². The Morgan fingerprint density at radius 1 is 1.25 bits per heavy atom. The Balaban J connectivity index is 2.09. The van der Waals surface area contributed by atoms with Crippen molar-refractivity contribution in [2.24, 2.45) is 0 Å². The molecule has 0 fully saturated rings. The van der Waals surface area contributed by atoms with Crippen molar-refractivity contribution in [3.63, 3.8) is 0 Å². The summed E-state index contributed by atoms with van der Waals surface area (Å²) in [6.45, 7) is 0.154. The Labute approximate surface area is 92.7 Å². The SMILES string of the molecule is Nc1cnccc1OCc1ccccc1F. The number of nitrogens with two attached hydrogens (primary N) is 1. The Bertz CT molecular complexity index is 442. The molecule has 0 radical (unpaired) electrons. The second-order valence-electron chi connectivity index (χ2n) is 3.29. The third-order valence-corrected chi connectivity index (χ3v) is 2.15. The van der Waals surface area contributed by atoms with Crippen molar-refractivity contribution in [3.05, 3.63) is 54.1 Å². The Kier molecular flexibility index (Phi) is 3.00. The number of benzene rings is 1. The number of pyridine rings is 1. The lowest BCUT2D eigenvalue weighted by Crippen LogP contribution is -2.00. The molecule has 4 heteroatoms. The predicted molar refractivity (Wildman–Crippen MR) is 59.4 cm³/mol. The van der Waals surface area contributed by atoms with Crippen molar-refractivity contribution in [2.45, 2.75) is 6.61 Å². The zero-order chi connectivity index (χ0) is 11.4. The van der Waals surface area contributed by atoms with Gasteiger partial charge in [-0.05, 0) is 6.07 Å². The van der Waals surface area contributed by atoms with Crippen molar-refractivity contribution in [1.82, 2.24) is 4.98 Å². The normalized spacial score (nSPS) is 10.1. The van der Waals surface area contributed by atoms with Crippen LogP contribution >= 0.6 is 0 Å². The topological polar surface area (TPSA) is 48.1 Å². The summed E-state index contributed by atoms with van der Waals surface area (Å²) in [5, 5.41) is 0. The van der Waals surface area contributed by atoms with E-state index in [2.05, 4.69) is 4.98 Å². The van der Waals surface area contributed by atoms with Crippen LogP contribution in [0.4, 0.5) is 10.1 Å². The molecule has 0 saturated carbocycles. The van der Waals surface area contributed by atoms with Crippen LogP contribution in [0.5, 0.6) is 5.75 Å². The van der Waals surface area contributed by atoms with E-state index in [1.807, 2.05) is 0 Å². The largest absolute Gasteiger partial charge is 0.487 e. The summed E-state index contributed by atoms with van der Waals surface area (Å²) in [5.41, 5.74) is 6.58. The van der Waals surface area contributed by atoms with Gasteiger partial charge in [0.15, 0.2) is 0 Å². The molecule has 16 heavy (non-hydrogen) atoms. The summed E-state index contributed by atoms with van der Waals surface area (Å²) in [6, 6.07) is 8.12. The van der Waals surface area contributed by atoms with E-state index in [-0.39, 0.29) is 12.4 Å². The molecule has 0 spiro atoms. The number of hydrogen-bond donors (Lipinski definition) is 1. The second kappa shape index (κ2) is 4.61. The van der Waals surface area contributed by atoms with Gasteiger partial charge >= 0.3 is 0 Å². The molecule has 2 aromatic rings. The molecule has 3 nitrogen and oxygen atoms in total. The maximum atomic E-state index is 13.3. The lowest BCUT2D eigenvalue weighted by molar-refractivity contribution is 0.301. The number of anilines is 1. The number of ether oxygens (including phenoxy) is 1. The highest BCUT2D eigenvalue weighted by Gasteiger charge is 2.03. The molecule has 1 aromatic carbocycles. The monoisotopic (exact) mass is 218 g/mol. The lowest BCUT2D eigenvalue weighted by Gasteiger charge is -2.08. The maximum Gasteiger partial charge on any atom is 0.145 e. The Hall–Kier alpha value is -2.10. The molecule has 82 valence electrons. The van der Waals surface area contributed by atoms with Crippen LogP contribution in [0.3, 0.4) is 0 Å². The van der Waals surface area contributed by atoms with E-state index in [0.717, 1.165) is 0 Å². The van der Waals surface area contributed by atoms with E-state index in [4.69, 9.17) is 10.5 Å². The van der Waals surface area contributed by atoms with Crippen molar-refractivity contribution >= 4 is 5.69 Å². The van der Waals surface area contributed by atoms with Gasteiger partial charge in [0.25, 0.3) is 0 Å². The minimum Gasteiger partial charge on any atom is -0.487 e. The molecule has 1 heterocycles. The highest BCUT2D eigenvalue weighted by molar-refractivity contribution is 5.49. The molecule has 0 saturated heterocycles. The molecule has 0 aliphatic rings. The van der Waals surface area contributed by atoms with E-state index in [1.165, 1.54) is 12.3 Å². The van der Waals surface area contributed by atoms with Gasteiger partial charge in [-0.3, -0.25) is 4.98 Å². The van der Waals surface area contributed by atoms with E-state index in [1.54, 1.807) is 30.5 Å². The Morgan fingerprint density at radius 2 is 2.06 bits per heavy atom. The summed E-state index contributed by atoms with van der Waals surface area (Å²) in [7, 11) is 0. The van der Waals surface area contributed by atoms with Gasteiger partial charge in [0, 0.05) is 17.8 Å². The molecule has 0 amide bonds. The number of halogens is 1. The molecule has 1 aromatic heterocycles. The summed E-state index contributed by atoms with van der Waals surface area (Å²) < 4.78 is 18.7. The number of rotatable bonds is 3. The predicted octanol–water partition coefficient (Wildman–Crippen LogP) is 2.38. The third-order valence-electron chi connectivity index (χ3n) is 2.15. The summed E-state index contributed by atoms with van der Waals surface area (Å²) >= 11 is 0. The molecule has 0 aliphatic carbocycles. The van der Waals surface area contributed by atoms with Crippen LogP contribution in [0.2, 0.25) is 0 Å². The number of nitrogen functional groups attached to an aromatic ring is 1. The van der Waals surface area contributed by atoms with Crippen molar-refractivity contribution in [3.8, 4) is 5.75 Å². The summed E-state index contributed by atoms with van der Waals surface area (Å²) in [5.74, 6) is 0.230. The van der Waals surface area contributed by atoms with Crippen LogP contribution in [0.25, 0.3) is 0 Å². The first-order valence-electron chi connectivity index (χ1n) is 4.83. The summed E-state index contributed by atoms with van der Waals surface area (Å²) in [6.07, 6.45) is 3.07. The van der Waals surface area contributed by atoms with Crippen LogP contribution in [0.15, 0.2) is 42.7 Å². The fourth-order valence-electron chi connectivity index (χ4n) is 1.30. The molecule has 0 atom stereocenters. The third kappa shape index (κ3) is 2.28. The van der Waals surface area contributed by atoms with Crippen LogP contribution in [0.1, 0.15) is 5.56 Å². The maximum absolute atomic E-state index is 13.3. The quantitative estimate of drug-likeness (QED) is 0.860. The van der Waals surface area contributed by atoms with E-state index in [9.17, 15) is 4.39 Å². The van der Waals surface area contributed by atoms with E-state index >= 15 is 0 Å². The average molecular weight is 218 g/mol. The second-order valence-corrected chi connectivity index (χ2v) is 3.29. The van der Waals surface area contributed by atoms with Gasteiger partial charge in [0.2, 0.25) is 0 Å². The van der Waals surface area contributed by atoms with Gasteiger partial charge in [-0.25, -0.2) is 4.39 Å². The zero-order valence-corrected chi connectivity index (χ0v) is 8.56. The van der Waals surface area contributed by atoms with Gasteiger partial charge in [0.1, 0.15) is 18.2 Å². The number of aromatic nitrogens is 1. The van der Waals surface area contributed by atoms with Gasteiger partial charge in [0.05, 0.1) is 11.9 Å². The number of hydrogen-bond acceptors (Lipinski definition) is 3. The highest BCUT2D eigenvalue weighted by Crippen LogP contribution is 2.20. The van der Waals surface area contributed by atoms with Crippen LogP contribution < -0.4 is 10.5 Å². The standard InChI is InChI=1S/C12H11FN2O/c13-10-4-2-1-3-9(10)8-16-12-5-6-15-7-11(12)14/h1-7H,8,14H2. The van der Waals surface area contributed by atoms with E-state index < -0.39 is 0 Å². The van der Waals surface area contributed by atoms with Crippen molar-refractivity contribution in [1.29, 1.82) is 0 Å². The molecule has 2 rings (SSSR count). The molecule has 0 bridgehead atoms. The average Bonchev–Trinajstić information content (AvgIpc) is 2.30. The first-order valence-corrected chi connectivity index (χ1v) is 4.83. The first-order chi connectivity index (χ1) is 7.77. The first kappa shape index (κ1) is 10.4. The fraction of sp³-hybridized carbons (Fsp3) is 0.0833.